The second-order valence-electron chi connectivity index (χ2n) is 5.77. The zero-order chi connectivity index (χ0) is 16.1. The highest BCUT2D eigenvalue weighted by atomic mass is 32.2. The molecule has 3 rings (SSSR count). The van der Waals surface area contributed by atoms with E-state index in [1.807, 2.05) is 31.3 Å². The van der Waals surface area contributed by atoms with Crippen LogP contribution in [0.3, 0.4) is 0 Å². The van der Waals surface area contributed by atoms with Gasteiger partial charge in [-0.05, 0) is 68.5 Å². The van der Waals surface area contributed by atoms with Crippen molar-refractivity contribution in [3.8, 4) is 0 Å². The molecule has 0 atom stereocenters. The summed E-state index contributed by atoms with van der Waals surface area (Å²) in [6, 6.07) is 4.10. The van der Waals surface area contributed by atoms with Crippen molar-refractivity contribution in [3.05, 3.63) is 81.9 Å². The van der Waals surface area contributed by atoms with E-state index in [-0.39, 0.29) is 0 Å². The highest BCUT2D eigenvalue weighted by Crippen LogP contribution is 2.34. The number of pyridine rings is 1. The van der Waals surface area contributed by atoms with Crippen molar-refractivity contribution >= 4 is 17.6 Å². The van der Waals surface area contributed by atoms with Gasteiger partial charge in [0.1, 0.15) is 0 Å². The molecule has 0 saturated heterocycles. The maximum atomic E-state index is 4.13. The minimum Gasteiger partial charge on any atom is -0.307 e. The predicted octanol–water partition coefficient (Wildman–Crippen LogP) is 5.36. The van der Waals surface area contributed by atoms with Crippen LogP contribution in [0, 0.1) is 0 Å². The van der Waals surface area contributed by atoms with Crippen molar-refractivity contribution in [1.82, 2.24) is 4.98 Å². The topological polar surface area (TPSA) is 16.1 Å². The van der Waals surface area contributed by atoms with Crippen LogP contribution in [-0.4, -0.2) is 11.5 Å². The van der Waals surface area contributed by atoms with Gasteiger partial charge in [-0.25, -0.2) is 0 Å². The summed E-state index contributed by atoms with van der Waals surface area (Å²) in [5.41, 5.74) is 11.3. The molecule has 0 radical (unpaired) electrons. The Labute approximate surface area is 142 Å². The maximum Gasteiger partial charge on any atom is 0.0628 e. The third-order valence-corrected chi connectivity index (χ3v) is 4.90. The fraction of sp³-hybridized carbons (Fsp3) is 0.250. The minimum atomic E-state index is 0.797. The van der Waals surface area contributed by atoms with Gasteiger partial charge in [0.05, 0.1) is 12.2 Å². The third-order valence-electron chi connectivity index (χ3n) is 3.77. The average molecular weight is 320 g/mol. The van der Waals surface area contributed by atoms with Crippen molar-refractivity contribution in [1.29, 1.82) is 0 Å². The Hall–Kier alpha value is -2.18. The summed E-state index contributed by atoms with van der Waals surface area (Å²) in [4.78, 5) is 5.52. The molecule has 1 aromatic rings. The molecule has 0 spiro atoms. The molecule has 2 nitrogen and oxygen atoms in total. The Kier molecular flexibility index (Phi) is 5.05. The Balaban J connectivity index is 1.83. The highest BCUT2D eigenvalue weighted by molar-refractivity contribution is 8.04. The van der Waals surface area contributed by atoms with Gasteiger partial charge < -0.3 is 4.31 Å². The van der Waals surface area contributed by atoms with Crippen molar-refractivity contribution in [2.75, 3.05) is 10.8 Å². The minimum absolute atomic E-state index is 0.797. The van der Waals surface area contributed by atoms with Crippen LogP contribution < -0.4 is 4.31 Å². The van der Waals surface area contributed by atoms with Gasteiger partial charge in [0.15, 0.2) is 0 Å². The number of aromatic nitrogens is 1. The molecule has 0 fully saturated rings. The standard InChI is InChI=1S/C20H20N2S/c1-16-3-7-18(8-4-16)15-22(19-11-13-21-14-12-19)23-20-9-5-17(2)6-10-20/h3,5,7,9,11-14H,6,10,15H2,1-2H3. The van der Waals surface area contributed by atoms with Gasteiger partial charge in [0.25, 0.3) is 0 Å². The summed E-state index contributed by atoms with van der Waals surface area (Å²) in [7, 11) is 0. The van der Waals surface area contributed by atoms with Gasteiger partial charge in [-0.2, -0.15) is 0 Å². The Morgan fingerprint density at radius 3 is 2.57 bits per heavy atom. The smallest absolute Gasteiger partial charge is 0.0628 e. The number of hydrogen-bond acceptors (Lipinski definition) is 3. The van der Waals surface area contributed by atoms with Crippen LogP contribution in [0.4, 0.5) is 5.69 Å². The summed E-state index contributed by atoms with van der Waals surface area (Å²) in [6.07, 6.45) is 14.6. The van der Waals surface area contributed by atoms with Gasteiger partial charge in [-0.3, -0.25) is 4.98 Å². The molecule has 1 aromatic heterocycles. The quantitative estimate of drug-likeness (QED) is 0.537. The van der Waals surface area contributed by atoms with Crippen LogP contribution in [0.15, 0.2) is 81.9 Å². The molecule has 1 heterocycles. The van der Waals surface area contributed by atoms with Gasteiger partial charge >= 0.3 is 0 Å². The Bertz CT molecular complexity index is 771. The van der Waals surface area contributed by atoms with Gasteiger partial charge in [0.2, 0.25) is 0 Å². The maximum absolute atomic E-state index is 4.13. The van der Waals surface area contributed by atoms with E-state index in [0.717, 1.165) is 36.2 Å². The zero-order valence-electron chi connectivity index (χ0n) is 13.5. The van der Waals surface area contributed by atoms with Gasteiger partial charge in [-0.1, -0.05) is 29.2 Å². The molecule has 0 bridgehead atoms. The van der Waals surface area contributed by atoms with E-state index in [0.29, 0.717) is 0 Å². The van der Waals surface area contributed by atoms with Gasteiger partial charge in [0, 0.05) is 22.9 Å². The molecule has 0 unspecified atom stereocenters. The third kappa shape index (κ3) is 4.40. The van der Waals surface area contributed by atoms with Crippen LogP contribution >= 0.6 is 11.9 Å². The fourth-order valence-electron chi connectivity index (χ4n) is 2.36. The second-order valence-corrected chi connectivity index (χ2v) is 6.92. The van der Waals surface area contributed by atoms with Crippen molar-refractivity contribution in [2.24, 2.45) is 0 Å². The number of allylic oxidation sites excluding steroid dienone is 6. The van der Waals surface area contributed by atoms with E-state index in [9.17, 15) is 0 Å². The number of hydrogen-bond donors (Lipinski definition) is 0. The monoisotopic (exact) mass is 320 g/mol. The largest absolute Gasteiger partial charge is 0.307 e. The molecule has 2 aliphatic carbocycles. The van der Waals surface area contributed by atoms with Crippen LogP contribution in [0.2, 0.25) is 0 Å². The number of rotatable bonds is 5. The molecule has 3 heteroatoms. The molecule has 0 N–H and O–H groups in total. The summed E-state index contributed by atoms with van der Waals surface area (Å²) < 4.78 is 2.30. The predicted molar refractivity (Wildman–Crippen MR) is 99.1 cm³/mol. The Morgan fingerprint density at radius 2 is 1.91 bits per heavy atom. The molecule has 116 valence electrons. The van der Waals surface area contributed by atoms with Gasteiger partial charge in [-0.15, -0.1) is 0 Å². The summed E-state index contributed by atoms with van der Waals surface area (Å²) in [5.74, 6) is 0. The highest BCUT2D eigenvalue weighted by Gasteiger charge is 2.13. The first-order valence-corrected chi connectivity index (χ1v) is 8.59. The van der Waals surface area contributed by atoms with Crippen molar-refractivity contribution in [3.63, 3.8) is 0 Å². The first kappa shape index (κ1) is 15.7. The first-order valence-electron chi connectivity index (χ1n) is 7.82. The normalized spacial score (nSPS) is 16.4. The van der Waals surface area contributed by atoms with E-state index in [4.69, 9.17) is 0 Å². The molecular weight excluding hydrogens is 300 g/mol. The zero-order valence-corrected chi connectivity index (χ0v) is 14.4. The lowest BCUT2D eigenvalue weighted by Crippen LogP contribution is -2.17. The van der Waals surface area contributed by atoms with E-state index in [1.165, 1.54) is 10.5 Å². The molecular formula is C20H20N2S. The van der Waals surface area contributed by atoms with Crippen LogP contribution in [-0.2, 0) is 0 Å². The van der Waals surface area contributed by atoms with Crippen LogP contribution in [0.1, 0.15) is 26.7 Å². The molecule has 2 aliphatic rings. The number of anilines is 1. The fourth-order valence-corrected chi connectivity index (χ4v) is 3.40. The van der Waals surface area contributed by atoms with E-state index in [1.54, 1.807) is 0 Å². The summed E-state index contributed by atoms with van der Waals surface area (Å²) in [5, 5.41) is 0. The van der Waals surface area contributed by atoms with E-state index < -0.39 is 0 Å². The molecule has 23 heavy (non-hydrogen) atoms. The first-order chi connectivity index (χ1) is 11.2. The van der Waals surface area contributed by atoms with Crippen molar-refractivity contribution in [2.45, 2.75) is 26.7 Å². The average Bonchev–Trinajstić information content (AvgIpc) is 2.59. The lowest BCUT2D eigenvalue weighted by molar-refractivity contribution is 0.948. The molecule has 0 saturated carbocycles. The Morgan fingerprint density at radius 1 is 1.09 bits per heavy atom. The van der Waals surface area contributed by atoms with Crippen molar-refractivity contribution < 1.29 is 0 Å². The summed E-state index contributed by atoms with van der Waals surface area (Å²) in [6.45, 7) is 5.03. The summed E-state index contributed by atoms with van der Waals surface area (Å²) >= 11 is 1.81. The molecule has 0 amide bonds. The molecule has 0 aliphatic heterocycles. The second kappa shape index (κ2) is 7.39. The van der Waals surface area contributed by atoms with Crippen LogP contribution in [0.25, 0.3) is 0 Å². The lowest BCUT2D eigenvalue weighted by Gasteiger charge is -2.25. The SMILES string of the molecule is CC1=C=C=C(CN(SC2=CC=C(C)CC2)c2ccncc2)C=C1. The number of nitrogens with zero attached hydrogens (tertiary/aromatic N) is 2. The van der Waals surface area contributed by atoms with Crippen LogP contribution in [0.5, 0.6) is 0 Å². The van der Waals surface area contributed by atoms with E-state index >= 15 is 0 Å². The molecule has 0 aromatic carbocycles. The lowest BCUT2D eigenvalue weighted by atomic mass is 10.1. The van der Waals surface area contributed by atoms with E-state index in [2.05, 4.69) is 64.1 Å².